The summed E-state index contributed by atoms with van der Waals surface area (Å²) in [7, 11) is 3.93. The molecule has 10 rings (SSSR count). The number of aryl methyl sites for hydroxylation is 2. The van der Waals surface area contributed by atoms with Crippen LogP contribution in [0, 0.1) is 36.4 Å². The molecule has 0 fully saturated rings. The number of nitrogens with zero attached hydrogens (tertiary/aromatic N) is 9. The van der Waals surface area contributed by atoms with Gasteiger partial charge in [-0.2, -0.15) is 29.5 Å². The van der Waals surface area contributed by atoms with Gasteiger partial charge in [0.1, 0.15) is 0 Å². The maximum absolute atomic E-state index is 13.3. The molecule has 307 valence electrons. The number of aromatic nitrogens is 9. The number of hydrogen-bond acceptors (Lipinski definition) is 4. The van der Waals surface area contributed by atoms with Crippen molar-refractivity contribution in [2.75, 3.05) is 0 Å². The average Bonchev–Trinajstić information content (AvgIpc) is 4.07. The minimum absolute atomic E-state index is 0. The van der Waals surface area contributed by atoms with Gasteiger partial charge in [0.2, 0.25) is 12.7 Å². The fourth-order valence-electron chi connectivity index (χ4n) is 6.77. The summed E-state index contributed by atoms with van der Waals surface area (Å²) in [4.78, 5) is 4.02. The van der Waals surface area contributed by atoms with Crippen LogP contribution >= 0.6 is 0 Å². The van der Waals surface area contributed by atoms with Crippen molar-refractivity contribution in [3.05, 3.63) is 219 Å². The van der Waals surface area contributed by atoms with Crippen LogP contribution in [-0.4, -0.2) is 29.6 Å². The van der Waals surface area contributed by atoms with Gasteiger partial charge in [-0.25, -0.2) is 0 Å². The summed E-state index contributed by atoms with van der Waals surface area (Å²) in [5, 5.41) is 14.0. The number of tetrazole rings is 1. The van der Waals surface area contributed by atoms with Crippen molar-refractivity contribution in [1.82, 2.24) is 34.7 Å². The van der Waals surface area contributed by atoms with Gasteiger partial charge in [0.05, 0.1) is 48.4 Å². The van der Waals surface area contributed by atoms with Crippen molar-refractivity contribution in [2.45, 2.75) is 0 Å². The maximum Gasteiger partial charge on any atom is 0.242 e. The Morgan fingerprint density at radius 1 is 0.516 bits per heavy atom. The summed E-state index contributed by atoms with van der Waals surface area (Å²) < 4.78 is 34.4. The predicted octanol–water partition coefficient (Wildman–Crippen LogP) is 8.64. The molecule has 0 saturated heterocycles. The zero-order valence-corrected chi connectivity index (χ0v) is 35.8. The molecule has 10 aromatic rings. The molecule has 1 radical (unpaired) electrons. The number of rotatable bonds is 7. The zero-order valence-electron chi connectivity index (χ0n) is 33.4. The Bertz CT molecular complexity index is 2740. The van der Waals surface area contributed by atoms with Gasteiger partial charge in [0.25, 0.3) is 0 Å². The Labute approximate surface area is 371 Å². The Kier molecular flexibility index (Phi) is 13.8. The van der Waals surface area contributed by atoms with Crippen LogP contribution in [0.25, 0.3) is 67.9 Å². The number of hydrogen-bond donors (Lipinski definition) is 0. The minimum Gasteiger partial charge on any atom is -0.341 e. The zero-order chi connectivity index (χ0) is 42.0. The summed E-state index contributed by atoms with van der Waals surface area (Å²) in [6, 6.07) is 61.2. The number of imidazole rings is 2. The molecule has 4 aromatic heterocycles. The topological polar surface area (TPSA) is 83.3 Å². The minimum atomic E-state index is -0.301. The van der Waals surface area contributed by atoms with Gasteiger partial charge < -0.3 is 23.4 Å². The number of pyridine rings is 1. The van der Waals surface area contributed by atoms with E-state index in [2.05, 4.69) is 98.9 Å². The van der Waals surface area contributed by atoms with Gasteiger partial charge in [-0.15, -0.1) is 24.3 Å². The van der Waals surface area contributed by atoms with Crippen LogP contribution in [0.4, 0.5) is 8.78 Å². The van der Waals surface area contributed by atoms with Gasteiger partial charge in [0.15, 0.2) is 0 Å². The van der Waals surface area contributed by atoms with Crippen molar-refractivity contribution >= 4 is 0 Å². The van der Waals surface area contributed by atoms with Crippen LogP contribution < -0.4 is 14.2 Å². The fraction of sp³-hybridized carbons (Fsp3) is 0.0400. The summed E-state index contributed by atoms with van der Waals surface area (Å²) in [5.41, 5.74) is 10.6. The van der Waals surface area contributed by atoms with E-state index in [4.69, 9.17) is 0 Å². The largest absolute Gasteiger partial charge is 0.341 e. The van der Waals surface area contributed by atoms with Gasteiger partial charge in [-0.1, -0.05) is 139 Å². The van der Waals surface area contributed by atoms with E-state index < -0.39 is 0 Å². The van der Waals surface area contributed by atoms with Crippen LogP contribution in [0.2, 0.25) is 0 Å². The Hall–Kier alpha value is -7.53. The molecule has 62 heavy (non-hydrogen) atoms. The summed E-state index contributed by atoms with van der Waals surface area (Å²) in [6.07, 6.45) is 8.32. The molecule has 0 spiro atoms. The predicted molar refractivity (Wildman–Crippen MR) is 227 cm³/mol. The molecule has 0 aliphatic rings. The van der Waals surface area contributed by atoms with Crippen molar-refractivity contribution in [1.29, 1.82) is 0 Å². The Balaban J connectivity index is 0.000000149. The second-order valence-corrected chi connectivity index (χ2v) is 13.5. The first kappa shape index (κ1) is 42.6. The molecule has 0 unspecified atom stereocenters. The molecular formula is C50H36F2IrN9-3. The fourth-order valence-corrected chi connectivity index (χ4v) is 6.77. The molecule has 0 saturated carbocycles. The molecule has 0 atom stereocenters. The third-order valence-corrected chi connectivity index (χ3v) is 9.47. The molecule has 6 aromatic carbocycles. The van der Waals surface area contributed by atoms with E-state index in [0.29, 0.717) is 11.5 Å². The van der Waals surface area contributed by atoms with Gasteiger partial charge in [-0.05, 0) is 34.4 Å². The first-order chi connectivity index (χ1) is 29.9. The maximum atomic E-state index is 13.3. The van der Waals surface area contributed by atoms with Crippen LogP contribution in [-0.2, 0) is 34.2 Å². The molecule has 9 nitrogen and oxygen atoms in total. The number of halogens is 2. The molecule has 0 amide bonds. The number of benzene rings is 6. The third kappa shape index (κ3) is 9.74. The first-order valence-electron chi connectivity index (χ1n) is 19.2. The molecule has 0 bridgehead atoms. The molecular weight excluding hydrogens is 957 g/mol. The molecule has 0 aliphatic carbocycles. The third-order valence-electron chi connectivity index (χ3n) is 9.47. The normalized spacial score (nSPS) is 10.5. The Morgan fingerprint density at radius 3 is 1.29 bits per heavy atom. The van der Waals surface area contributed by atoms with Gasteiger partial charge in [-0.3, -0.25) is 24.1 Å². The van der Waals surface area contributed by atoms with Crippen molar-refractivity contribution in [2.24, 2.45) is 14.1 Å². The van der Waals surface area contributed by atoms with Crippen LogP contribution in [0.5, 0.6) is 0 Å². The van der Waals surface area contributed by atoms with E-state index in [0.717, 1.165) is 56.4 Å². The van der Waals surface area contributed by atoms with Crippen LogP contribution in [0.3, 0.4) is 0 Å². The molecule has 4 heterocycles. The SMILES string of the molecule is C[n+]1[c-]n(-c2[c-]cc(F)cc2)c(-c2ccccc2)c1-c1ccccc1.C[n+]1[c-]n(-c2[c-]cc(F)cc2)c(-c2ccccc2)c1-c1ccccc1.[Ir].c1ccc(-c2nnn[n-]2)nc1. The van der Waals surface area contributed by atoms with E-state index in [-0.39, 0.29) is 31.7 Å². The Morgan fingerprint density at radius 2 is 0.935 bits per heavy atom. The molecule has 12 heteroatoms. The van der Waals surface area contributed by atoms with Crippen molar-refractivity contribution < 1.29 is 38.0 Å². The molecule has 0 aliphatic heterocycles. The summed E-state index contributed by atoms with van der Waals surface area (Å²) in [6.45, 7) is 0. The van der Waals surface area contributed by atoms with E-state index >= 15 is 0 Å². The van der Waals surface area contributed by atoms with E-state index in [1.807, 2.05) is 117 Å². The molecule has 0 N–H and O–H groups in total. The van der Waals surface area contributed by atoms with E-state index in [1.165, 1.54) is 24.3 Å². The van der Waals surface area contributed by atoms with Crippen LogP contribution in [0.1, 0.15) is 0 Å². The summed E-state index contributed by atoms with van der Waals surface area (Å²) >= 11 is 0. The summed E-state index contributed by atoms with van der Waals surface area (Å²) in [5.74, 6) is -0.139. The van der Waals surface area contributed by atoms with E-state index in [9.17, 15) is 8.78 Å². The van der Waals surface area contributed by atoms with Crippen molar-refractivity contribution in [3.8, 4) is 67.9 Å². The van der Waals surface area contributed by atoms with E-state index in [1.54, 1.807) is 24.4 Å². The van der Waals surface area contributed by atoms with Gasteiger partial charge in [0, 0.05) is 37.9 Å². The van der Waals surface area contributed by atoms with Crippen LogP contribution in [0.15, 0.2) is 182 Å². The first-order valence-corrected chi connectivity index (χ1v) is 19.2. The smallest absolute Gasteiger partial charge is 0.242 e. The quantitative estimate of drug-likeness (QED) is 0.118. The van der Waals surface area contributed by atoms with Gasteiger partial charge >= 0.3 is 0 Å². The standard InChI is InChI=1S/2C22H16FN2.C6H4N5.Ir/c2*1-24-16-25(20-14-12-19(23)13-15-20)22(18-10-6-3-7-11-18)21(24)17-8-4-2-5-9-17;1-2-4-7-5(3-1)6-8-10-11-9-6;/h2*2-14H,1H3;1-4H;/q3*-1;. The van der Waals surface area contributed by atoms with Crippen molar-refractivity contribution in [3.63, 3.8) is 0 Å². The average molecular weight is 993 g/mol. The second-order valence-electron chi connectivity index (χ2n) is 13.5. The second kappa shape index (κ2) is 20.2. The monoisotopic (exact) mass is 993 g/mol.